The summed E-state index contributed by atoms with van der Waals surface area (Å²) in [6.45, 7) is 3.41. The highest BCUT2D eigenvalue weighted by molar-refractivity contribution is 9.10. The van der Waals surface area contributed by atoms with Gasteiger partial charge in [-0.15, -0.1) is 0 Å². The van der Waals surface area contributed by atoms with Crippen LogP contribution in [-0.2, 0) is 9.53 Å². The number of halogens is 1. The lowest BCUT2D eigenvalue weighted by atomic mass is 10.2. The van der Waals surface area contributed by atoms with E-state index in [0.717, 1.165) is 0 Å². The molecule has 0 unspecified atom stereocenters. The van der Waals surface area contributed by atoms with E-state index in [9.17, 15) is 9.59 Å². The van der Waals surface area contributed by atoms with E-state index in [2.05, 4.69) is 21.2 Å². The second-order valence-corrected chi connectivity index (χ2v) is 3.92. The third kappa shape index (κ3) is 3.06. The van der Waals surface area contributed by atoms with Gasteiger partial charge in [-0.25, -0.2) is 4.79 Å². The molecule has 1 rings (SSSR count). The van der Waals surface area contributed by atoms with Gasteiger partial charge in [-0.1, -0.05) is 6.07 Å². The van der Waals surface area contributed by atoms with Gasteiger partial charge in [0.2, 0.25) is 5.91 Å². The molecule has 16 heavy (non-hydrogen) atoms. The third-order valence-corrected chi connectivity index (χ3v) is 2.47. The van der Waals surface area contributed by atoms with Crippen LogP contribution in [0, 0.1) is 0 Å². The van der Waals surface area contributed by atoms with E-state index in [0.29, 0.717) is 22.3 Å². The number of benzene rings is 1. The fraction of sp³-hybridized carbons (Fsp3) is 0.273. The first-order valence-corrected chi connectivity index (χ1v) is 5.58. The highest BCUT2D eigenvalue weighted by Crippen LogP contribution is 2.27. The molecular weight excluding hydrogens is 274 g/mol. The van der Waals surface area contributed by atoms with Gasteiger partial charge in [-0.3, -0.25) is 4.79 Å². The van der Waals surface area contributed by atoms with E-state index in [-0.39, 0.29) is 5.91 Å². The monoisotopic (exact) mass is 285 g/mol. The van der Waals surface area contributed by atoms with Crippen LogP contribution in [0.5, 0.6) is 0 Å². The van der Waals surface area contributed by atoms with Crippen LogP contribution in [0.2, 0.25) is 0 Å². The Morgan fingerprint density at radius 2 is 2.12 bits per heavy atom. The Balaban J connectivity index is 3.11. The lowest BCUT2D eigenvalue weighted by Crippen LogP contribution is -2.13. The number of rotatable bonds is 3. The van der Waals surface area contributed by atoms with Gasteiger partial charge in [0.1, 0.15) is 0 Å². The summed E-state index contributed by atoms with van der Waals surface area (Å²) in [5, 5.41) is 2.59. The van der Waals surface area contributed by atoms with Gasteiger partial charge >= 0.3 is 5.97 Å². The van der Waals surface area contributed by atoms with E-state index < -0.39 is 5.97 Å². The van der Waals surface area contributed by atoms with Crippen LogP contribution in [0.1, 0.15) is 24.2 Å². The molecule has 0 aliphatic heterocycles. The molecule has 5 heteroatoms. The molecule has 0 saturated carbocycles. The van der Waals surface area contributed by atoms with Crippen LogP contribution in [0.3, 0.4) is 0 Å². The van der Waals surface area contributed by atoms with Crippen molar-refractivity contribution < 1.29 is 14.3 Å². The van der Waals surface area contributed by atoms with Crippen molar-refractivity contribution in [3.8, 4) is 0 Å². The minimum atomic E-state index is -0.451. The standard InChI is InChI=1S/C11H12BrNO3/c1-3-16-11(15)8-5-4-6-9(12)10(8)13-7(2)14/h4-6H,3H2,1-2H3,(H,13,14). The Morgan fingerprint density at radius 1 is 1.44 bits per heavy atom. The number of anilines is 1. The Bertz CT molecular complexity index is 418. The van der Waals surface area contributed by atoms with Gasteiger partial charge < -0.3 is 10.1 Å². The molecule has 0 heterocycles. The van der Waals surface area contributed by atoms with Gasteiger partial charge in [-0.05, 0) is 35.0 Å². The van der Waals surface area contributed by atoms with Crippen molar-refractivity contribution in [3.63, 3.8) is 0 Å². The Labute approximate surface area is 102 Å². The van der Waals surface area contributed by atoms with Gasteiger partial charge in [0.25, 0.3) is 0 Å². The predicted molar refractivity (Wildman–Crippen MR) is 64.4 cm³/mol. The molecule has 0 aromatic heterocycles. The summed E-state index contributed by atoms with van der Waals surface area (Å²) in [5.41, 5.74) is 0.778. The maximum atomic E-state index is 11.6. The van der Waals surface area contributed by atoms with E-state index >= 15 is 0 Å². The maximum Gasteiger partial charge on any atom is 0.340 e. The molecule has 0 saturated heterocycles. The fourth-order valence-corrected chi connectivity index (χ4v) is 1.67. The van der Waals surface area contributed by atoms with Crippen molar-refractivity contribution in [1.82, 2.24) is 0 Å². The van der Waals surface area contributed by atoms with E-state index in [1.807, 2.05) is 0 Å². The summed E-state index contributed by atoms with van der Waals surface area (Å²) in [5.74, 6) is -0.690. The van der Waals surface area contributed by atoms with Crippen LogP contribution in [0.25, 0.3) is 0 Å². The third-order valence-electron chi connectivity index (χ3n) is 1.81. The summed E-state index contributed by atoms with van der Waals surface area (Å²) in [4.78, 5) is 22.6. The lowest BCUT2D eigenvalue weighted by Gasteiger charge is -2.10. The van der Waals surface area contributed by atoms with Crippen molar-refractivity contribution in [2.45, 2.75) is 13.8 Å². The molecule has 1 N–H and O–H groups in total. The molecule has 0 aliphatic rings. The highest BCUT2D eigenvalue weighted by Gasteiger charge is 2.15. The molecule has 0 fully saturated rings. The SMILES string of the molecule is CCOC(=O)c1cccc(Br)c1NC(C)=O. The zero-order valence-electron chi connectivity index (χ0n) is 9.04. The minimum Gasteiger partial charge on any atom is -0.462 e. The number of nitrogens with one attached hydrogen (secondary N) is 1. The molecule has 0 aliphatic carbocycles. The first kappa shape index (κ1) is 12.7. The molecule has 0 atom stereocenters. The average Bonchev–Trinajstić information content (AvgIpc) is 2.20. The molecule has 0 radical (unpaired) electrons. The smallest absolute Gasteiger partial charge is 0.340 e. The largest absolute Gasteiger partial charge is 0.462 e. The number of carbonyl (C=O) groups is 2. The molecule has 4 nitrogen and oxygen atoms in total. The van der Waals surface area contributed by atoms with E-state index in [1.54, 1.807) is 25.1 Å². The van der Waals surface area contributed by atoms with Crippen molar-refractivity contribution >= 4 is 33.5 Å². The molecule has 86 valence electrons. The summed E-state index contributed by atoms with van der Waals surface area (Å²) in [6.07, 6.45) is 0. The van der Waals surface area contributed by atoms with E-state index in [4.69, 9.17) is 4.74 Å². The van der Waals surface area contributed by atoms with Crippen LogP contribution in [0.15, 0.2) is 22.7 Å². The van der Waals surface area contributed by atoms with Crippen molar-refractivity contribution in [3.05, 3.63) is 28.2 Å². The number of para-hydroxylation sites is 1. The zero-order valence-corrected chi connectivity index (χ0v) is 10.6. The number of esters is 1. The molecule has 1 aromatic rings. The summed E-state index contributed by atoms with van der Waals surface area (Å²) >= 11 is 3.27. The minimum absolute atomic E-state index is 0.238. The molecule has 0 bridgehead atoms. The lowest BCUT2D eigenvalue weighted by molar-refractivity contribution is -0.114. The number of amides is 1. The average molecular weight is 286 g/mol. The second-order valence-electron chi connectivity index (χ2n) is 3.06. The Morgan fingerprint density at radius 3 is 2.69 bits per heavy atom. The quantitative estimate of drug-likeness (QED) is 0.869. The van der Waals surface area contributed by atoms with Gasteiger partial charge in [0.15, 0.2) is 0 Å². The second kappa shape index (κ2) is 5.65. The van der Waals surface area contributed by atoms with Crippen molar-refractivity contribution in [2.75, 3.05) is 11.9 Å². The van der Waals surface area contributed by atoms with Crippen molar-refractivity contribution in [1.29, 1.82) is 0 Å². The van der Waals surface area contributed by atoms with Crippen LogP contribution >= 0.6 is 15.9 Å². The Hall–Kier alpha value is -1.36. The van der Waals surface area contributed by atoms with Gasteiger partial charge in [0.05, 0.1) is 17.9 Å². The van der Waals surface area contributed by atoms with Gasteiger partial charge in [-0.2, -0.15) is 0 Å². The maximum absolute atomic E-state index is 11.6. The fourth-order valence-electron chi connectivity index (χ4n) is 1.21. The summed E-state index contributed by atoms with van der Waals surface area (Å²) in [7, 11) is 0. The number of hydrogen-bond donors (Lipinski definition) is 1. The summed E-state index contributed by atoms with van der Waals surface area (Å²) < 4.78 is 5.54. The number of ether oxygens (including phenoxy) is 1. The highest BCUT2D eigenvalue weighted by atomic mass is 79.9. The first-order chi connectivity index (χ1) is 7.56. The van der Waals surface area contributed by atoms with Crippen LogP contribution in [-0.4, -0.2) is 18.5 Å². The number of hydrogen-bond acceptors (Lipinski definition) is 3. The molecule has 1 aromatic carbocycles. The topological polar surface area (TPSA) is 55.4 Å². The molecule has 1 amide bonds. The molecular formula is C11H12BrNO3. The molecule has 0 spiro atoms. The van der Waals surface area contributed by atoms with Gasteiger partial charge in [0, 0.05) is 11.4 Å². The number of carbonyl (C=O) groups excluding carboxylic acids is 2. The zero-order chi connectivity index (χ0) is 12.1. The predicted octanol–water partition coefficient (Wildman–Crippen LogP) is 2.58. The normalized spacial score (nSPS) is 9.69. The van der Waals surface area contributed by atoms with E-state index in [1.165, 1.54) is 6.92 Å². The summed E-state index contributed by atoms with van der Waals surface area (Å²) in [6, 6.07) is 5.06. The van der Waals surface area contributed by atoms with Crippen LogP contribution in [0.4, 0.5) is 5.69 Å². The first-order valence-electron chi connectivity index (χ1n) is 4.79. The van der Waals surface area contributed by atoms with Crippen molar-refractivity contribution in [2.24, 2.45) is 0 Å². The van der Waals surface area contributed by atoms with Crippen LogP contribution < -0.4 is 5.32 Å². The Kier molecular flexibility index (Phi) is 4.49.